The maximum atomic E-state index is 10.5. The first kappa shape index (κ1) is 14.9. The lowest BCUT2D eigenvalue weighted by Crippen LogP contribution is -2.19. The third-order valence-electron chi connectivity index (χ3n) is 2.97. The Bertz CT molecular complexity index is 686. The summed E-state index contributed by atoms with van der Waals surface area (Å²) in [7, 11) is 0. The van der Waals surface area contributed by atoms with E-state index in [1.807, 2.05) is 32.0 Å². The number of nitrogens with one attached hydrogen (secondary N) is 2. The molecule has 0 fully saturated rings. The first-order valence-electron chi connectivity index (χ1n) is 6.21. The van der Waals surface area contributed by atoms with Crippen LogP contribution in [0, 0.1) is 24.0 Å². The molecule has 0 saturated heterocycles. The van der Waals surface area contributed by atoms with Crippen LogP contribution in [-0.4, -0.2) is 15.0 Å². The monoisotopic (exact) mass is 302 g/mol. The van der Waals surface area contributed by atoms with Crippen LogP contribution in [-0.2, 0) is 0 Å². The van der Waals surface area contributed by atoms with Gasteiger partial charge in [-0.3, -0.25) is 10.1 Å². The standard InChI is InChI=1S/C14H14N4O2S/c1-9-3-4-11(7-10(9)2)16-14(21)17-13-6-5-12(8-15-13)18(19)20/h3-8H,1-2H3,(H2,15,16,17,21). The Kier molecular flexibility index (Phi) is 4.44. The SMILES string of the molecule is Cc1ccc(NC(=S)Nc2ccc([N+](=O)[O-])cn2)cc1C. The summed E-state index contributed by atoms with van der Waals surface area (Å²) in [6, 6.07) is 8.80. The van der Waals surface area contributed by atoms with Crippen molar-refractivity contribution in [3.8, 4) is 0 Å². The predicted molar refractivity (Wildman–Crippen MR) is 86.7 cm³/mol. The topological polar surface area (TPSA) is 80.1 Å². The summed E-state index contributed by atoms with van der Waals surface area (Å²) in [5, 5.41) is 16.8. The van der Waals surface area contributed by atoms with Crippen LogP contribution in [0.4, 0.5) is 17.2 Å². The van der Waals surface area contributed by atoms with E-state index in [9.17, 15) is 10.1 Å². The van der Waals surface area contributed by atoms with Gasteiger partial charge in [0, 0.05) is 11.8 Å². The van der Waals surface area contributed by atoms with Gasteiger partial charge in [-0.2, -0.15) is 0 Å². The summed E-state index contributed by atoms with van der Waals surface area (Å²) in [4.78, 5) is 14.0. The highest BCUT2D eigenvalue weighted by atomic mass is 32.1. The number of hydrogen-bond donors (Lipinski definition) is 2. The minimum absolute atomic E-state index is 0.0615. The lowest BCUT2D eigenvalue weighted by molar-refractivity contribution is -0.385. The van der Waals surface area contributed by atoms with Gasteiger partial charge in [0.05, 0.1) is 4.92 Å². The molecule has 108 valence electrons. The summed E-state index contributed by atoms with van der Waals surface area (Å²) in [6.07, 6.45) is 1.18. The maximum absolute atomic E-state index is 10.5. The molecule has 6 nitrogen and oxygen atoms in total. The largest absolute Gasteiger partial charge is 0.332 e. The molecule has 2 N–H and O–H groups in total. The molecule has 0 saturated carbocycles. The third-order valence-corrected chi connectivity index (χ3v) is 3.17. The lowest BCUT2D eigenvalue weighted by atomic mass is 10.1. The molecule has 1 aromatic heterocycles. The number of nitro groups is 1. The summed E-state index contributed by atoms with van der Waals surface area (Å²) in [6.45, 7) is 4.06. The zero-order valence-corrected chi connectivity index (χ0v) is 12.4. The van der Waals surface area contributed by atoms with E-state index in [0.717, 1.165) is 11.3 Å². The van der Waals surface area contributed by atoms with Crippen molar-refractivity contribution in [3.05, 3.63) is 57.8 Å². The van der Waals surface area contributed by atoms with Gasteiger partial charge in [-0.1, -0.05) is 6.07 Å². The van der Waals surface area contributed by atoms with Crippen molar-refractivity contribution in [2.45, 2.75) is 13.8 Å². The molecule has 2 rings (SSSR count). The van der Waals surface area contributed by atoms with Crippen molar-refractivity contribution in [2.24, 2.45) is 0 Å². The Labute approximate surface area is 127 Å². The van der Waals surface area contributed by atoms with E-state index in [1.54, 1.807) is 0 Å². The average Bonchev–Trinajstić information content (AvgIpc) is 2.43. The third kappa shape index (κ3) is 3.96. The van der Waals surface area contributed by atoms with Gasteiger partial charge in [0.15, 0.2) is 5.11 Å². The molecule has 1 heterocycles. The van der Waals surface area contributed by atoms with Crippen LogP contribution in [0.5, 0.6) is 0 Å². The average molecular weight is 302 g/mol. The van der Waals surface area contributed by atoms with Crippen LogP contribution in [0.3, 0.4) is 0 Å². The highest BCUT2D eigenvalue weighted by Gasteiger charge is 2.06. The van der Waals surface area contributed by atoms with Gasteiger partial charge in [-0.15, -0.1) is 0 Å². The molecular formula is C14H14N4O2S. The normalized spacial score (nSPS) is 10.0. The number of thiocarbonyl (C=S) groups is 1. The zero-order chi connectivity index (χ0) is 15.4. The van der Waals surface area contributed by atoms with Gasteiger partial charge < -0.3 is 10.6 Å². The lowest BCUT2D eigenvalue weighted by Gasteiger charge is -2.11. The molecule has 1 aromatic carbocycles. The molecule has 21 heavy (non-hydrogen) atoms. The van der Waals surface area contributed by atoms with Crippen LogP contribution in [0.15, 0.2) is 36.5 Å². The molecule has 0 unspecified atom stereocenters. The molecule has 0 aliphatic rings. The first-order chi connectivity index (χ1) is 9.95. The number of hydrogen-bond acceptors (Lipinski definition) is 4. The molecule has 0 bridgehead atoms. The summed E-state index contributed by atoms with van der Waals surface area (Å²) in [5.74, 6) is 0.446. The van der Waals surface area contributed by atoms with Gasteiger partial charge in [0.1, 0.15) is 12.0 Å². The number of aromatic nitrogens is 1. The molecule has 0 atom stereocenters. The highest BCUT2D eigenvalue weighted by molar-refractivity contribution is 7.80. The van der Waals surface area contributed by atoms with E-state index < -0.39 is 4.92 Å². The Balaban J connectivity index is 2.01. The van der Waals surface area contributed by atoms with E-state index in [1.165, 1.54) is 23.9 Å². The summed E-state index contributed by atoms with van der Waals surface area (Å²) < 4.78 is 0. The van der Waals surface area contributed by atoms with E-state index >= 15 is 0 Å². The van der Waals surface area contributed by atoms with Crippen LogP contribution < -0.4 is 10.6 Å². The van der Waals surface area contributed by atoms with Crippen LogP contribution in [0.25, 0.3) is 0 Å². The zero-order valence-electron chi connectivity index (χ0n) is 11.6. The van der Waals surface area contributed by atoms with Gasteiger partial charge >= 0.3 is 0 Å². The van der Waals surface area contributed by atoms with Crippen molar-refractivity contribution in [1.82, 2.24) is 4.98 Å². The number of anilines is 2. The first-order valence-corrected chi connectivity index (χ1v) is 6.62. The maximum Gasteiger partial charge on any atom is 0.287 e. The van der Waals surface area contributed by atoms with Crippen LogP contribution in [0.2, 0.25) is 0 Å². The quantitative estimate of drug-likeness (QED) is 0.514. The Hall–Kier alpha value is -2.54. The number of nitrogens with zero attached hydrogens (tertiary/aromatic N) is 2. The molecule has 0 aliphatic carbocycles. The Morgan fingerprint density at radius 2 is 1.95 bits per heavy atom. The van der Waals surface area contributed by atoms with E-state index in [0.29, 0.717) is 10.9 Å². The highest BCUT2D eigenvalue weighted by Crippen LogP contribution is 2.15. The van der Waals surface area contributed by atoms with Gasteiger partial charge in [-0.25, -0.2) is 4.98 Å². The van der Waals surface area contributed by atoms with Crippen molar-refractivity contribution in [3.63, 3.8) is 0 Å². The molecule has 0 aliphatic heterocycles. The van der Waals surface area contributed by atoms with E-state index in [4.69, 9.17) is 12.2 Å². The van der Waals surface area contributed by atoms with E-state index in [-0.39, 0.29) is 5.69 Å². The molecule has 0 amide bonds. The van der Waals surface area contributed by atoms with Gasteiger partial charge in [0.25, 0.3) is 5.69 Å². The smallest absolute Gasteiger partial charge is 0.287 e. The number of aryl methyl sites for hydroxylation is 2. The fraction of sp³-hybridized carbons (Fsp3) is 0.143. The molecular weight excluding hydrogens is 288 g/mol. The molecule has 0 spiro atoms. The van der Waals surface area contributed by atoms with Crippen molar-refractivity contribution >= 4 is 34.5 Å². The Morgan fingerprint density at radius 1 is 1.19 bits per heavy atom. The van der Waals surface area contributed by atoms with Gasteiger partial charge in [-0.05, 0) is 55.4 Å². The Morgan fingerprint density at radius 3 is 2.52 bits per heavy atom. The van der Waals surface area contributed by atoms with Crippen molar-refractivity contribution < 1.29 is 4.92 Å². The van der Waals surface area contributed by atoms with Crippen LogP contribution >= 0.6 is 12.2 Å². The minimum atomic E-state index is -0.498. The molecule has 7 heteroatoms. The number of rotatable bonds is 3. The number of pyridine rings is 1. The fourth-order valence-electron chi connectivity index (χ4n) is 1.67. The second-order valence-electron chi connectivity index (χ2n) is 4.54. The van der Waals surface area contributed by atoms with E-state index in [2.05, 4.69) is 15.6 Å². The summed E-state index contributed by atoms with van der Waals surface area (Å²) >= 11 is 5.18. The summed E-state index contributed by atoms with van der Waals surface area (Å²) in [5.41, 5.74) is 3.18. The predicted octanol–water partition coefficient (Wildman–Crippen LogP) is 3.42. The van der Waals surface area contributed by atoms with Gasteiger partial charge in [0.2, 0.25) is 0 Å². The fourth-order valence-corrected chi connectivity index (χ4v) is 1.89. The van der Waals surface area contributed by atoms with Crippen LogP contribution in [0.1, 0.15) is 11.1 Å². The second kappa shape index (κ2) is 6.27. The number of benzene rings is 1. The molecule has 2 aromatic rings. The van der Waals surface area contributed by atoms with Crippen molar-refractivity contribution in [2.75, 3.05) is 10.6 Å². The minimum Gasteiger partial charge on any atom is -0.332 e. The second-order valence-corrected chi connectivity index (χ2v) is 4.95. The van der Waals surface area contributed by atoms with Crippen molar-refractivity contribution in [1.29, 1.82) is 0 Å². The molecule has 0 radical (unpaired) electrons.